The third-order valence-electron chi connectivity index (χ3n) is 7.35. The van der Waals surface area contributed by atoms with Crippen LogP contribution in [0.5, 0.6) is 11.5 Å². The van der Waals surface area contributed by atoms with Crippen molar-refractivity contribution < 1.29 is 29.0 Å². The molecule has 0 aliphatic heterocycles. The second-order valence-corrected chi connectivity index (χ2v) is 15.4. The lowest BCUT2D eigenvalue weighted by molar-refractivity contribution is 0.0680. The van der Waals surface area contributed by atoms with Crippen molar-refractivity contribution in [2.24, 2.45) is 0 Å². The van der Waals surface area contributed by atoms with Gasteiger partial charge in [-0.1, -0.05) is 95.2 Å². The number of carboxylic acid groups (broad SMARTS) is 1. The van der Waals surface area contributed by atoms with Crippen molar-refractivity contribution in [1.29, 1.82) is 0 Å². The van der Waals surface area contributed by atoms with Gasteiger partial charge in [-0.3, -0.25) is 0 Å². The largest absolute Gasteiger partial charge is 0.478 e. The number of hydrogen-bond donors (Lipinski definition) is 1. The van der Waals surface area contributed by atoms with E-state index in [9.17, 15) is 19.5 Å². The van der Waals surface area contributed by atoms with Gasteiger partial charge in [0.2, 0.25) is 0 Å². The molecule has 0 amide bonds. The standard InChI is InChI=1S/C37H46O6/c1-34(2,3)25-13-23(14-26(19-25)35(4,5)6)32(40)42-29-17-22(31(38)39)18-30(21-29)43-33(41)24-15-27(36(7,8)9)20-28(16-24)37(10,11)12/h13-21H,1-12H3,(H,38,39). The number of carboxylic acids is 1. The minimum absolute atomic E-state index is 0.0370. The molecule has 6 nitrogen and oxygen atoms in total. The summed E-state index contributed by atoms with van der Waals surface area (Å²) in [5, 5.41) is 9.76. The summed E-state index contributed by atoms with van der Waals surface area (Å²) in [5.74, 6) is -2.59. The number of carbonyl (C=O) groups excluding carboxylic acids is 2. The van der Waals surface area contributed by atoms with Crippen molar-refractivity contribution in [3.8, 4) is 11.5 Å². The zero-order valence-corrected chi connectivity index (χ0v) is 27.7. The lowest BCUT2D eigenvalue weighted by atomic mass is 9.79. The Morgan fingerprint density at radius 3 is 0.953 bits per heavy atom. The molecular formula is C37H46O6. The van der Waals surface area contributed by atoms with Crippen LogP contribution in [0.1, 0.15) is 136 Å². The summed E-state index contributed by atoms with van der Waals surface area (Å²) in [6, 6.07) is 15.2. The first-order chi connectivity index (χ1) is 19.4. The Morgan fingerprint density at radius 2 is 0.721 bits per heavy atom. The SMILES string of the molecule is CC(C)(C)c1cc(C(=O)Oc2cc(OC(=O)c3cc(C(C)(C)C)cc(C(C)(C)C)c3)cc(C(=O)O)c2)cc(C(C)(C)C)c1. The first-order valence-electron chi connectivity index (χ1n) is 14.6. The third-order valence-corrected chi connectivity index (χ3v) is 7.35. The molecule has 0 bridgehead atoms. The number of rotatable bonds is 5. The summed E-state index contributed by atoms with van der Waals surface area (Å²) in [6.07, 6.45) is 0. The van der Waals surface area contributed by atoms with Gasteiger partial charge >= 0.3 is 17.9 Å². The molecule has 0 aliphatic rings. The van der Waals surface area contributed by atoms with E-state index in [1.165, 1.54) is 18.2 Å². The van der Waals surface area contributed by atoms with Crippen LogP contribution in [0, 0.1) is 0 Å². The lowest BCUT2D eigenvalue weighted by Gasteiger charge is -2.26. The molecule has 0 fully saturated rings. The Labute approximate surface area is 256 Å². The second kappa shape index (κ2) is 11.6. The Kier molecular flexibility index (Phi) is 9.08. The van der Waals surface area contributed by atoms with Gasteiger partial charge < -0.3 is 14.6 Å². The highest BCUT2D eigenvalue weighted by Crippen LogP contribution is 2.33. The van der Waals surface area contributed by atoms with E-state index in [0.29, 0.717) is 11.1 Å². The zero-order valence-electron chi connectivity index (χ0n) is 27.7. The smallest absolute Gasteiger partial charge is 0.343 e. The molecule has 1 N–H and O–H groups in total. The number of hydrogen-bond acceptors (Lipinski definition) is 5. The molecule has 0 saturated carbocycles. The molecule has 0 aliphatic carbocycles. The summed E-state index contributed by atoms with van der Waals surface area (Å²) in [4.78, 5) is 38.7. The molecule has 3 aromatic rings. The molecule has 0 saturated heterocycles. The fourth-order valence-electron chi connectivity index (χ4n) is 4.37. The third kappa shape index (κ3) is 8.56. The normalized spacial score (nSPS) is 12.6. The van der Waals surface area contributed by atoms with Crippen molar-refractivity contribution in [2.75, 3.05) is 0 Å². The van der Waals surface area contributed by atoms with Crippen molar-refractivity contribution in [3.05, 3.63) is 93.5 Å². The van der Waals surface area contributed by atoms with Crippen molar-refractivity contribution >= 4 is 17.9 Å². The number of carbonyl (C=O) groups is 3. The van der Waals surface area contributed by atoms with Crippen molar-refractivity contribution in [2.45, 2.75) is 105 Å². The van der Waals surface area contributed by atoms with E-state index in [1.807, 2.05) is 0 Å². The molecule has 0 radical (unpaired) electrons. The molecule has 6 heteroatoms. The molecule has 230 valence electrons. The maximum Gasteiger partial charge on any atom is 0.343 e. The van der Waals surface area contributed by atoms with E-state index in [4.69, 9.17) is 9.47 Å². The van der Waals surface area contributed by atoms with Gasteiger partial charge in [0.1, 0.15) is 11.5 Å². The van der Waals surface area contributed by atoms with E-state index >= 15 is 0 Å². The predicted molar refractivity (Wildman–Crippen MR) is 171 cm³/mol. The van der Waals surface area contributed by atoms with E-state index in [1.54, 1.807) is 24.3 Å². The van der Waals surface area contributed by atoms with Gasteiger partial charge in [0.15, 0.2) is 0 Å². The minimum atomic E-state index is -1.25. The molecule has 0 heterocycles. The molecule has 0 atom stereocenters. The maximum atomic E-state index is 13.4. The predicted octanol–water partition coefficient (Wildman–Crippen LogP) is 9.01. The lowest BCUT2D eigenvalue weighted by Crippen LogP contribution is -2.20. The van der Waals surface area contributed by atoms with E-state index in [2.05, 4.69) is 95.2 Å². The average molecular weight is 587 g/mol. The van der Waals surface area contributed by atoms with Crippen LogP contribution in [-0.4, -0.2) is 23.0 Å². The first kappa shape index (κ1) is 33.6. The van der Waals surface area contributed by atoms with E-state index in [-0.39, 0.29) is 38.7 Å². The molecule has 0 unspecified atom stereocenters. The summed E-state index contributed by atoms with van der Waals surface area (Å²) >= 11 is 0. The summed E-state index contributed by atoms with van der Waals surface area (Å²) in [6.45, 7) is 24.9. The fourth-order valence-corrected chi connectivity index (χ4v) is 4.37. The summed E-state index contributed by atoms with van der Waals surface area (Å²) in [5.41, 5.74) is 3.61. The van der Waals surface area contributed by atoms with Gasteiger partial charge in [-0.05, 0) is 80.3 Å². The monoisotopic (exact) mass is 586 g/mol. The molecule has 0 aromatic heterocycles. The van der Waals surface area contributed by atoms with Crippen molar-refractivity contribution in [3.63, 3.8) is 0 Å². The van der Waals surface area contributed by atoms with Gasteiger partial charge in [0.25, 0.3) is 0 Å². The van der Waals surface area contributed by atoms with E-state index < -0.39 is 17.9 Å². The minimum Gasteiger partial charge on any atom is -0.478 e. The quantitative estimate of drug-likeness (QED) is 0.237. The van der Waals surface area contributed by atoms with Crippen molar-refractivity contribution in [1.82, 2.24) is 0 Å². The van der Waals surface area contributed by atoms with Crippen LogP contribution in [0.3, 0.4) is 0 Å². The van der Waals surface area contributed by atoms with Crippen LogP contribution in [0.25, 0.3) is 0 Å². The van der Waals surface area contributed by atoms with Crippen LogP contribution < -0.4 is 9.47 Å². The van der Waals surface area contributed by atoms with Crippen LogP contribution in [0.2, 0.25) is 0 Å². The fraction of sp³-hybridized carbons (Fsp3) is 0.432. The highest BCUT2D eigenvalue weighted by Gasteiger charge is 2.25. The molecule has 43 heavy (non-hydrogen) atoms. The van der Waals surface area contributed by atoms with Gasteiger partial charge in [0, 0.05) is 6.07 Å². The van der Waals surface area contributed by atoms with Crippen LogP contribution >= 0.6 is 0 Å². The van der Waals surface area contributed by atoms with Crippen LogP contribution in [-0.2, 0) is 21.7 Å². The highest BCUT2D eigenvalue weighted by molar-refractivity contribution is 5.94. The van der Waals surface area contributed by atoms with E-state index in [0.717, 1.165) is 22.3 Å². The number of aromatic carboxylic acids is 1. The molecular weight excluding hydrogens is 540 g/mol. The number of esters is 2. The number of ether oxygens (including phenoxy) is 2. The Bertz CT molecular complexity index is 1380. The highest BCUT2D eigenvalue weighted by atomic mass is 16.5. The van der Waals surface area contributed by atoms with Gasteiger partial charge in [0.05, 0.1) is 16.7 Å². The topological polar surface area (TPSA) is 89.9 Å². The maximum absolute atomic E-state index is 13.4. The van der Waals surface area contributed by atoms with Crippen LogP contribution in [0.15, 0.2) is 54.6 Å². The molecule has 3 aromatic carbocycles. The molecule has 0 spiro atoms. The Balaban J connectivity index is 2.01. The van der Waals surface area contributed by atoms with Gasteiger partial charge in [-0.15, -0.1) is 0 Å². The average Bonchev–Trinajstić information content (AvgIpc) is 2.85. The van der Waals surface area contributed by atoms with Gasteiger partial charge in [-0.25, -0.2) is 14.4 Å². The summed E-state index contributed by atoms with van der Waals surface area (Å²) in [7, 11) is 0. The zero-order chi connectivity index (χ0) is 32.7. The Morgan fingerprint density at radius 1 is 0.442 bits per heavy atom. The molecule has 3 rings (SSSR count). The van der Waals surface area contributed by atoms with Crippen LogP contribution in [0.4, 0.5) is 0 Å². The second-order valence-electron chi connectivity index (χ2n) is 15.4. The first-order valence-corrected chi connectivity index (χ1v) is 14.6. The summed E-state index contributed by atoms with van der Waals surface area (Å²) < 4.78 is 11.4. The number of benzene rings is 3. The van der Waals surface area contributed by atoms with Gasteiger partial charge in [-0.2, -0.15) is 0 Å². The Hall–Kier alpha value is -3.93.